The Morgan fingerprint density at radius 3 is 1.66 bits per heavy atom. The van der Waals surface area contributed by atoms with E-state index in [0.717, 1.165) is 7.11 Å². The number of carbonyl (C=O) groups excluding carboxylic acids is 3. The molecule has 2 N–H and O–H groups in total. The molecule has 0 rings (SSSR count). The Hall–Kier alpha value is -0.0500. The Balaban J connectivity index is 5.29. The zero-order valence-corrected chi connectivity index (χ0v) is 20.8. The average molecular weight is 537 g/mol. The fraction of sp³-hybridized carbons (Fsp3) is 0.812. The number of rotatable bonds is 8. The third-order valence-corrected chi connectivity index (χ3v) is 4.38. The van der Waals surface area contributed by atoms with Crippen molar-refractivity contribution in [3.8, 4) is 0 Å². The average Bonchev–Trinajstić information content (AvgIpc) is 2.50. The predicted molar refractivity (Wildman–Crippen MR) is 116 cm³/mol. The molecule has 170 valence electrons. The minimum atomic E-state index is -1.65. The number of methoxy groups -OCH3 is 1. The number of esters is 1. The molecule has 2 amide bonds. The van der Waals surface area contributed by atoms with E-state index in [1.165, 1.54) is 0 Å². The molecule has 0 saturated carbocycles. The van der Waals surface area contributed by atoms with E-state index < -0.39 is 43.2 Å². The van der Waals surface area contributed by atoms with Gasteiger partial charge in [-0.2, -0.15) is 0 Å². The molecular weight excluding hydrogens is 513 g/mol. The Morgan fingerprint density at radius 2 is 1.28 bits per heavy atom. The van der Waals surface area contributed by atoms with E-state index in [2.05, 4.69) is 15.4 Å². The number of alkyl carbamates (subject to hydrolysis) is 1. The summed E-state index contributed by atoms with van der Waals surface area (Å²) >= 11 is 34.3. The largest absolute Gasteiger partial charge is 0.467 e. The maximum Gasteiger partial charge on any atom is 0.408 e. The number of amides is 2. The SMILES string of the molecule is COC(=O)[C@@H](CCC(Cl)(Cl)Cl)NC(=O)[C@@H](CCC(Cl)(Cl)Cl)NC(=O)OC(C)(C)C. The maximum absolute atomic E-state index is 12.7. The molecule has 0 aliphatic heterocycles. The molecule has 0 heterocycles. The zero-order valence-electron chi connectivity index (χ0n) is 16.3. The summed E-state index contributed by atoms with van der Waals surface area (Å²) in [6.45, 7) is 4.98. The first-order valence-electron chi connectivity index (χ1n) is 8.45. The van der Waals surface area contributed by atoms with Crippen molar-refractivity contribution in [3.05, 3.63) is 0 Å². The number of ether oxygens (including phenoxy) is 2. The summed E-state index contributed by atoms with van der Waals surface area (Å²) in [5.74, 6) is -1.46. The first-order valence-corrected chi connectivity index (χ1v) is 10.7. The van der Waals surface area contributed by atoms with Gasteiger partial charge >= 0.3 is 12.1 Å². The van der Waals surface area contributed by atoms with Crippen molar-refractivity contribution in [2.45, 2.75) is 71.7 Å². The van der Waals surface area contributed by atoms with Crippen molar-refractivity contribution in [1.82, 2.24) is 10.6 Å². The summed E-state index contributed by atoms with van der Waals surface area (Å²) in [7, 11) is 1.15. The number of alkyl halides is 6. The van der Waals surface area contributed by atoms with Crippen LogP contribution in [-0.2, 0) is 19.1 Å². The molecule has 0 saturated heterocycles. The van der Waals surface area contributed by atoms with Crippen LogP contribution in [0.3, 0.4) is 0 Å². The van der Waals surface area contributed by atoms with Crippen molar-refractivity contribution >= 4 is 87.6 Å². The van der Waals surface area contributed by atoms with Crippen molar-refractivity contribution < 1.29 is 23.9 Å². The molecule has 0 aromatic rings. The van der Waals surface area contributed by atoms with Crippen molar-refractivity contribution in [2.75, 3.05) is 7.11 Å². The highest BCUT2D eigenvalue weighted by atomic mass is 35.6. The van der Waals surface area contributed by atoms with Gasteiger partial charge in [-0.25, -0.2) is 9.59 Å². The highest BCUT2D eigenvalue weighted by Gasteiger charge is 2.32. The lowest BCUT2D eigenvalue weighted by atomic mass is 10.1. The van der Waals surface area contributed by atoms with Crippen LogP contribution >= 0.6 is 69.6 Å². The zero-order chi connectivity index (χ0) is 23.0. The van der Waals surface area contributed by atoms with Gasteiger partial charge in [0.1, 0.15) is 17.7 Å². The molecule has 0 aromatic carbocycles. The predicted octanol–water partition coefficient (Wildman–Crippen LogP) is 4.84. The number of carbonyl (C=O) groups is 3. The maximum atomic E-state index is 12.7. The molecule has 29 heavy (non-hydrogen) atoms. The van der Waals surface area contributed by atoms with Gasteiger partial charge < -0.3 is 20.1 Å². The summed E-state index contributed by atoms with van der Waals surface area (Å²) in [5, 5.41) is 4.86. The van der Waals surface area contributed by atoms with Gasteiger partial charge in [0.15, 0.2) is 7.59 Å². The van der Waals surface area contributed by atoms with E-state index >= 15 is 0 Å². The van der Waals surface area contributed by atoms with E-state index in [4.69, 9.17) is 74.3 Å². The highest BCUT2D eigenvalue weighted by molar-refractivity contribution is 6.67. The molecule has 0 aliphatic carbocycles. The molecule has 0 unspecified atom stereocenters. The van der Waals surface area contributed by atoms with Crippen molar-refractivity contribution in [2.24, 2.45) is 0 Å². The monoisotopic (exact) mass is 534 g/mol. The van der Waals surface area contributed by atoms with E-state index in [-0.39, 0.29) is 25.7 Å². The van der Waals surface area contributed by atoms with Gasteiger partial charge in [-0.15, -0.1) is 0 Å². The second-order valence-electron chi connectivity index (χ2n) is 7.09. The fourth-order valence-corrected chi connectivity index (χ4v) is 2.65. The van der Waals surface area contributed by atoms with Crippen LogP contribution in [0, 0.1) is 0 Å². The molecule has 2 atom stereocenters. The standard InChI is InChI=1S/C16H24Cl6N2O5/c1-14(2,3)29-13(27)24-9(5-7-15(17,18)19)11(25)23-10(12(26)28-4)6-8-16(20,21)22/h9-10H,5-8H2,1-4H3,(H,23,25)(H,24,27)/t9-,10-/m1/s1. The topological polar surface area (TPSA) is 93.7 Å². The normalized spacial score (nSPS) is 14.6. The van der Waals surface area contributed by atoms with Gasteiger partial charge in [-0.1, -0.05) is 69.6 Å². The number of hydrogen-bond acceptors (Lipinski definition) is 5. The van der Waals surface area contributed by atoms with Crippen LogP contribution in [0.1, 0.15) is 46.5 Å². The first kappa shape index (κ1) is 28.9. The summed E-state index contributed by atoms with van der Waals surface area (Å²) < 4.78 is 6.53. The Kier molecular flexibility index (Phi) is 12.1. The third kappa shape index (κ3) is 15.4. The second kappa shape index (κ2) is 12.1. The minimum absolute atomic E-state index is 0.0154. The van der Waals surface area contributed by atoms with Gasteiger partial charge in [-0.05, 0) is 46.5 Å². The van der Waals surface area contributed by atoms with Gasteiger partial charge in [0.2, 0.25) is 5.91 Å². The molecule has 0 aromatic heterocycles. The minimum Gasteiger partial charge on any atom is -0.467 e. The number of nitrogens with one attached hydrogen (secondary N) is 2. The van der Waals surface area contributed by atoms with Crippen molar-refractivity contribution in [1.29, 1.82) is 0 Å². The number of halogens is 6. The molecule has 13 heteroatoms. The molecule has 0 aliphatic rings. The molecule has 0 bridgehead atoms. The van der Waals surface area contributed by atoms with Crippen LogP contribution in [-0.4, -0.2) is 50.3 Å². The lowest BCUT2D eigenvalue weighted by molar-refractivity contribution is -0.145. The van der Waals surface area contributed by atoms with Gasteiger partial charge in [0.25, 0.3) is 0 Å². The van der Waals surface area contributed by atoms with Gasteiger partial charge in [-0.3, -0.25) is 4.79 Å². The smallest absolute Gasteiger partial charge is 0.408 e. The lowest BCUT2D eigenvalue weighted by Crippen LogP contribution is -2.52. The number of hydrogen-bond donors (Lipinski definition) is 2. The van der Waals surface area contributed by atoms with E-state index in [1.807, 2.05) is 0 Å². The van der Waals surface area contributed by atoms with E-state index in [0.29, 0.717) is 0 Å². The molecule has 0 radical (unpaired) electrons. The molecule has 7 nitrogen and oxygen atoms in total. The lowest BCUT2D eigenvalue weighted by Gasteiger charge is -2.26. The summed E-state index contributed by atoms with van der Waals surface area (Å²) in [5.41, 5.74) is -0.792. The Bertz CT molecular complexity index is 572. The summed E-state index contributed by atoms with van der Waals surface area (Å²) in [6, 6.07) is -2.26. The quantitative estimate of drug-likeness (QED) is 0.342. The van der Waals surface area contributed by atoms with Crippen LogP contribution in [0.15, 0.2) is 0 Å². The second-order valence-corrected chi connectivity index (χ2v) is 12.1. The van der Waals surface area contributed by atoms with Crippen LogP contribution in [0.5, 0.6) is 0 Å². The summed E-state index contributed by atoms with van der Waals surface area (Å²) in [4.78, 5) is 36.7. The van der Waals surface area contributed by atoms with Crippen LogP contribution in [0.25, 0.3) is 0 Å². The summed E-state index contributed by atoms with van der Waals surface area (Å²) in [6.07, 6.45) is -0.991. The highest BCUT2D eigenvalue weighted by Crippen LogP contribution is 2.33. The molecule has 0 spiro atoms. The van der Waals surface area contributed by atoms with Gasteiger partial charge in [0.05, 0.1) is 7.11 Å². The first-order chi connectivity index (χ1) is 12.9. The van der Waals surface area contributed by atoms with E-state index in [9.17, 15) is 14.4 Å². The van der Waals surface area contributed by atoms with Crippen molar-refractivity contribution in [3.63, 3.8) is 0 Å². The van der Waals surface area contributed by atoms with Crippen LogP contribution in [0.4, 0.5) is 4.79 Å². The molecule has 0 fully saturated rings. The van der Waals surface area contributed by atoms with E-state index in [1.54, 1.807) is 20.8 Å². The van der Waals surface area contributed by atoms with Gasteiger partial charge in [0, 0.05) is 0 Å². The third-order valence-electron chi connectivity index (χ3n) is 3.24. The Labute approximate surface area is 200 Å². The molecular formula is C16H24Cl6N2O5. The fourth-order valence-electron chi connectivity index (χ4n) is 2.00. The Morgan fingerprint density at radius 1 is 0.828 bits per heavy atom. The van der Waals surface area contributed by atoms with Crippen LogP contribution < -0.4 is 10.6 Å². The van der Waals surface area contributed by atoms with Crippen LogP contribution in [0.2, 0.25) is 0 Å².